The van der Waals surface area contributed by atoms with E-state index < -0.39 is 0 Å². The number of rotatable bonds is 10. The molecule has 0 radical (unpaired) electrons. The quantitative estimate of drug-likeness (QED) is 0.283. The van der Waals surface area contributed by atoms with Crippen LogP contribution in [0.4, 0.5) is 5.13 Å². The van der Waals surface area contributed by atoms with Crippen LogP contribution in [-0.2, 0) is 0 Å². The minimum Gasteiger partial charge on any atom is -0.493 e. The van der Waals surface area contributed by atoms with E-state index in [9.17, 15) is 4.79 Å². The lowest BCUT2D eigenvalue weighted by molar-refractivity contribution is 0.0986. The zero-order chi connectivity index (χ0) is 24.8. The number of fused-ring (bicyclic) bond motifs is 1. The Morgan fingerprint density at radius 3 is 2.20 bits per heavy atom. The van der Waals surface area contributed by atoms with E-state index in [-0.39, 0.29) is 5.91 Å². The maximum absolute atomic E-state index is 13.6. The van der Waals surface area contributed by atoms with E-state index >= 15 is 0 Å². The lowest BCUT2D eigenvalue weighted by atomic mass is 10.2. The van der Waals surface area contributed by atoms with Crippen molar-refractivity contribution >= 4 is 32.6 Å². The fraction of sp³-hybridized carbons (Fsp3) is 0.259. The van der Waals surface area contributed by atoms with E-state index in [0.29, 0.717) is 34.5 Å². The molecule has 8 heteroatoms. The molecule has 1 heterocycles. The number of nitrogens with zero attached hydrogens (tertiary/aromatic N) is 3. The number of carbonyl (C=O) groups excluding carboxylic acids is 1. The average Bonchev–Trinajstić information content (AvgIpc) is 3.28. The van der Waals surface area contributed by atoms with E-state index in [2.05, 4.69) is 4.90 Å². The van der Waals surface area contributed by atoms with Crippen LogP contribution in [0.2, 0.25) is 0 Å². The van der Waals surface area contributed by atoms with Gasteiger partial charge in [0.2, 0.25) is 0 Å². The Balaban J connectivity index is 1.61. The minimum atomic E-state index is -0.104. The Morgan fingerprint density at radius 1 is 0.886 bits per heavy atom. The molecular formula is C27H29N3O4S. The summed E-state index contributed by atoms with van der Waals surface area (Å²) in [6.07, 6.45) is 0.816. The highest BCUT2D eigenvalue weighted by Crippen LogP contribution is 2.37. The highest BCUT2D eigenvalue weighted by atomic mass is 32.1. The second-order valence-electron chi connectivity index (χ2n) is 8.22. The summed E-state index contributed by atoms with van der Waals surface area (Å²) < 4.78 is 17.6. The summed E-state index contributed by atoms with van der Waals surface area (Å²) in [5.41, 5.74) is 1.34. The zero-order valence-corrected chi connectivity index (χ0v) is 21.2. The third kappa shape index (κ3) is 5.90. The van der Waals surface area contributed by atoms with Gasteiger partial charge in [0.1, 0.15) is 11.5 Å². The van der Waals surface area contributed by atoms with E-state index in [1.54, 1.807) is 31.3 Å². The van der Waals surface area contributed by atoms with Crippen molar-refractivity contribution in [2.75, 3.05) is 46.3 Å². The monoisotopic (exact) mass is 491 g/mol. The number of thiazole rings is 1. The van der Waals surface area contributed by atoms with E-state index in [0.717, 1.165) is 28.9 Å². The van der Waals surface area contributed by atoms with Crippen molar-refractivity contribution in [2.24, 2.45) is 0 Å². The fourth-order valence-corrected chi connectivity index (χ4v) is 4.63. The molecule has 3 aromatic carbocycles. The first-order chi connectivity index (χ1) is 17.0. The van der Waals surface area contributed by atoms with Crippen LogP contribution >= 0.6 is 11.3 Å². The van der Waals surface area contributed by atoms with Gasteiger partial charge in [-0.2, -0.15) is 0 Å². The summed E-state index contributed by atoms with van der Waals surface area (Å²) in [5, 5.41) is 0.642. The molecule has 0 N–H and O–H groups in total. The molecule has 4 aromatic rings. The summed E-state index contributed by atoms with van der Waals surface area (Å²) in [6, 6.07) is 20.5. The van der Waals surface area contributed by atoms with Gasteiger partial charge in [-0.1, -0.05) is 29.5 Å². The van der Waals surface area contributed by atoms with Gasteiger partial charge in [0.05, 0.1) is 24.4 Å². The number of methoxy groups -OCH3 is 2. The summed E-state index contributed by atoms with van der Waals surface area (Å²) in [4.78, 5) is 22.2. The van der Waals surface area contributed by atoms with Crippen molar-refractivity contribution in [3.63, 3.8) is 0 Å². The SMILES string of the molecule is COc1cc2nc(N(CCCN(C)C)C(=O)c3ccc(Oc4ccccc4)cc3)sc2cc1OC. The first kappa shape index (κ1) is 24.5. The first-order valence-corrected chi connectivity index (χ1v) is 12.1. The van der Waals surface area contributed by atoms with Gasteiger partial charge in [-0.3, -0.25) is 9.69 Å². The zero-order valence-electron chi connectivity index (χ0n) is 20.4. The predicted octanol–water partition coefficient (Wildman–Crippen LogP) is 5.70. The molecule has 0 aliphatic heterocycles. The predicted molar refractivity (Wildman–Crippen MR) is 141 cm³/mol. The number of aromatic nitrogens is 1. The molecule has 4 rings (SSSR count). The van der Waals surface area contributed by atoms with Crippen LogP contribution in [0, 0.1) is 0 Å². The van der Waals surface area contributed by atoms with Gasteiger partial charge in [0, 0.05) is 24.2 Å². The average molecular weight is 492 g/mol. The molecule has 0 fully saturated rings. The van der Waals surface area contributed by atoms with E-state index in [1.807, 2.05) is 68.7 Å². The molecule has 0 spiro atoms. The highest BCUT2D eigenvalue weighted by Gasteiger charge is 2.22. The number of ether oxygens (including phenoxy) is 3. The molecule has 0 aliphatic carbocycles. The Kier molecular flexibility index (Phi) is 7.84. The number of hydrogen-bond donors (Lipinski definition) is 0. The van der Waals surface area contributed by atoms with Crippen molar-refractivity contribution in [1.29, 1.82) is 0 Å². The van der Waals surface area contributed by atoms with E-state index in [4.69, 9.17) is 19.2 Å². The van der Waals surface area contributed by atoms with Gasteiger partial charge in [-0.15, -0.1) is 0 Å². The van der Waals surface area contributed by atoms with Crippen LogP contribution in [0.1, 0.15) is 16.8 Å². The van der Waals surface area contributed by atoms with Gasteiger partial charge in [0.15, 0.2) is 16.6 Å². The summed E-state index contributed by atoms with van der Waals surface area (Å²) in [6.45, 7) is 1.41. The Hall–Kier alpha value is -3.62. The third-order valence-electron chi connectivity index (χ3n) is 5.43. The number of anilines is 1. The number of benzene rings is 3. The normalized spacial score (nSPS) is 11.0. The number of hydrogen-bond acceptors (Lipinski definition) is 7. The van der Waals surface area contributed by atoms with Crippen molar-refractivity contribution in [3.05, 3.63) is 72.3 Å². The molecule has 1 aromatic heterocycles. The van der Waals surface area contributed by atoms with Crippen molar-refractivity contribution in [1.82, 2.24) is 9.88 Å². The molecule has 182 valence electrons. The third-order valence-corrected chi connectivity index (χ3v) is 6.47. The van der Waals surface area contributed by atoms with Gasteiger partial charge in [-0.05, 0) is 63.5 Å². The van der Waals surface area contributed by atoms with Crippen LogP contribution < -0.4 is 19.1 Å². The Morgan fingerprint density at radius 2 is 1.54 bits per heavy atom. The second kappa shape index (κ2) is 11.2. The van der Waals surface area contributed by atoms with Gasteiger partial charge < -0.3 is 19.1 Å². The summed E-state index contributed by atoms with van der Waals surface area (Å²) in [7, 11) is 7.24. The molecule has 0 unspecified atom stereocenters. The molecule has 0 bridgehead atoms. The second-order valence-corrected chi connectivity index (χ2v) is 9.23. The molecule has 0 saturated carbocycles. The fourth-order valence-electron chi connectivity index (χ4n) is 3.63. The summed E-state index contributed by atoms with van der Waals surface area (Å²) >= 11 is 1.46. The Labute approximate surface area is 209 Å². The van der Waals surface area contributed by atoms with Gasteiger partial charge in [0.25, 0.3) is 5.91 Å². The number of para-hydroxylation sites is 1. The minimum absolute atomic E-state index is 0.104. The van der Waals surface area contributed by atoms with Crippen molar-refractivity contribution in [2.45, 2.75) is 6.42 Å². The van der Waals surface area contributed by atoms with Crippen LogP contribution in [0.5, 0.6) is 23.0 Å². The van der Waals surface area contributed by atoms with Crippen LogP contribution in [-0.4, -0.2) is 57.2 Å². The summed E-state index contributed by atoms with van der Waals surface area (Å²) in [5.74, 6) is 2.56. The molecule has 0 atom stereocenters. The van der Waals surface area contributed by atoms with Gasteiger partial charge in [-0.25, -0.2) is 4.98 Å². The van der Waals surface area contributed by atoms with E-state index in [1.165, 1.54) is 11.3 Å². The largest absolute Gasteiger partial charge is 0.493 e. The highest BCUT2D eigenvalue weighted by molar-refractivity contribution is 7.22. The lowest BCUT2D eigenvalue weighted by Crippen LogP contribution is -2.33. The maximum Gasteiger partial charge on any atom is 0.260 e. The lowest BCUT2D eigenvalue weighted by Gasteiger charge is -2.21. The van der Waals surface area contributed by atoms with Crippen LogP contribution in [0.3, 0.4) is 0 Å². The standard InChI is InChI=1S/C27H29N3O4S/c1-29(2)15-8-16-30(27-28-22-17-23(32-3)24(33-4)18-25(22)35-27)26(31)19-11-13-21(14-12-19)34-20-9-6-5-7-10-20/h5-7,9-14,17-18H,8,15-16H2,1-4H3. The molecular weight excluding hydrogens is 462 g/mol. The van der Waals surface area contributed by atoms with Gasteiger partial charge >= 0.3 is 0 Å². The topological polar surface area (TPSA) is 64.1 Å². The number of carbonyl (C=O) groups is 1. The van der Waals surface area contributed by atoms with Crippen LogP contribution in [0.25, 0.3) is 10.2 Å². The number of amides is 1. The van der Waals surface area contributed by atoms with Crippen LogP contribution in [0.15, 0.2) is 66.7 Å². The molecule has 0 saturated heterocycles. The molecule has 0 aliphatic rings. The molecule has 7 nitrogen and oxygen atoms in total. The Bertz CT molecular complexity index is 1230. The van der Waals surface area contributed by atoms with Crippen molar-refractivity contribution in [3.8, 4) is 23.0 Å². The maximum atomic E-state index is 13.6. The van der Waals surface area contributed by atoms with Crippen molar-refractivity contribution < 1.29 is 19.0 Å². The first-order valence-electron chi connectivity index (χ1n) is 11.3. The smallest absolute Gasteiger partial charge is 0.260 e. The molecule has 1 amide bonds. The molecule has 35 heavy (non-hydrogen) atoms.